The number of imide groups is 1. The van der Waals surface area contributed by atoms with Gasteiger partial charge in [-0.2, -0.15) is 0 Å². The van der Waals surface area contributed by atoms with Crippen LogP contribution in [0.15, 0.2) is 36.0 Å². The predicted molar refractivity (Wildman–Crippen MR) is 171 cm³/mol. The molecule has 0 unspecified atom stereocenters. The Hall–Kier alpha value is -2.33. The molecule has 1 N–H and O–H groups in total. The third-order valence-corrected chi connectivity index (χ3v) is 8.92. The quantitative estimate of drug-likeness (QED) is 0.0873. The van der Waals surface area contributed by atoms with Crippen molar-refractivity contribution in [2.24, 2.45) is 17.8 Å². The van der Waals surface area contributed by atoms with E-state index in [-0.39, 0.29) is 42.0 Å². The van der Waals surface area contributed by atoms with E-state index in [1.807, 2.05) is 0 Å². The Morgan fingerprint density at radius 3 is 2.55 bits per heavy atom. The molecule has 0 aromatic carbocycles. The molecule has 3 aliphatic rings. The van der Waals surface area contributed by atoms with Crippen molar-refractivity contribution in [3.05, 3.63) is 36.0 Å². The molecule has 3 heterocycles. The van der Waals surface area contributed by atoms with Crippen LogP contribution in [0, 0.1) is 17.8 Å². The molecular weight excluding hydrogens is 560 g/mol. The second-order valence-corrected chi connectivity index (χ2v) is 13.1. The molecular formula is C35H56N2O7. The normalized spacial score (nSPS) is 28.6. The molecule has 3 amide bonds. The average molecular weight is 617 g/mol. The molecule has 0 spiro atoms. The van der Waals surface area contributed by atoms with E-state index in [1.54, 1.807) is 0 Å². The number of nitrogens with one attached hydrogen (secondary N) is 1. The molecule has 248 valence electrons. The lowest BCUT2D eigenvalue weighted by Crippen LogP contribution is -2.41. The van der Waals surface area contributed by atoms with E-state index in [0.717, 1.165) is 19.3 Å². The number of allylic oxidation sites excluding steroid dienone is 3. The van der Waals surface area contributed by atoms with Gasteiger partial charge in [-0.05, 0) is 69.3 Å². The van der Waals surface area contributed by atoms with E-state index in [9.17, 15) is 14.4 Å². The molecule has 9 heteroatoms. The molecule has 2 fully saturated rings. The zero-order valence-corrected chi connectivity index (χ0v) is 27.8. The van der Waals surface area contributed by atoms with Crippen LogP contribution in [0.2, 0.25) is 0 Å². The predicted octanol–water partition coefficient (Wildman–Crippen LogP) is 5.15. The van der Waals surface area contributed by atoms with Crippen LogP contribution in [0.5, 0.6) is 0 Å². The number of carbonyl (C=O) groups is 3. The Balaban J connectivity index is 1.25. The first kappa shape index (κ1) is 36.1. The van der Waals surface area contributed by atoms with E-state index < -0.39 is 0 Å². The Kier molecular flexibility index (Phi) is 14.8. The van der Waals surface area contributed by atoms with Crippen molar-refractivity contribution in [1.29, 1.82) is 0 Å². The van der Waals surface area contributed by atoms with E-state index in [4.69, 9.17) is 18.9 Å². The molecule has 2 saturated heterocycles. The Labute approximate surface area is 264 Å². The summed E-state index contributed by atoms with van der Waals surface area (Å²) in [5.41, 5.74) is 1.22. The maximum Gasteiger partial charge on any atom is 0.253 e. The number of nitrogens with zero attached hydrogens (tertiary/aromatic N) is 1. The molecule has 0 aromatic rings. The molecule has 3 rings (SSSR count). The maximum absolute atomic E-state index is 12.3. The fraction of sp³-hybridized carbons (Fsp3) is 0.743. The number of hydrogen-bond acceptors (Lipinski definition) is 7. The van der Waals surface area contributed by atoms with Gasteiger partial charge in [0.1, 0.15) is 0 Å². The smallest absolute Gasteiger partial charge is 0.253 e. The molecule has 0 aromatic heterocycles. The Morgan fingerprint density at radius 1 is 1.14 bits per heavy atom. The summed E-state index contributed by atoms with van der Waals surface area (Å²) in [5.74, 6) is 0.886. The third kappa shape index (κ3) is 11.5. The van der Waals surface area contributed by atoms with Crippen molar-refractivity contribution >= 4 is 17.7 Å². The summed E-state index contributed by atoms with van der Waals surface area (Å²) in [6.45, 7) is 15.8. The van der Waals surface area contributed by atoms with Crippen molar-refractivity contribution in [1.82, 2.24) is 10.2 Å². The van der Waals surface area contributed by atoms with Gasteiger partial charge in [0.25, 0.3) is 11.8 Å². The summed E-state index contributed by atoms with van der Waals surface area (Å²) < 4.78 is 23.5. The molecule has 0 bridgehead atoms. The maximum atomic E-state index is 12.3. The fourth-order valence-corrected chi connectivity index (χ4v) is 6.44. The van der Waals surface area contributed by atoms with Gasteiger partial charge >= 0.3 is 0 Å². The minimum atomic E-state index is -0.277. The zero-order chi connectivity index (χ0) is 32.1. The highest BCUT2D eigenvalue weighted by Crippen LogP contribution is 2.46. The second-order valence-electron chi connectivity index (χ2n) is 13.1. The average Bonchev–Trinajstić information content (AvgIpc) is 3.55. The molecule has 7 atom stereocenters. The number of amides is 3. The SMILES string of the molecule is CCC[C@@H](C)[C@H]1O[C@]1(C)C[C@H](C)/C=C/C=C(\C)[C@H]1O[C@@H](CNC(=O)CCOCCOCCCN2C(=O)C=CC2=O)CC[C@@H]1C. The van der Waals surface area contributed by atoms with Gasteiger partial charge in [-0.1, -0.05) is 52.3 Å². The summed E-state index contributed by atoms with van der Waals surface area (Å²) >= 11 is 0. The highest BCUT2D eigenvalue weighted by molar-refractivity contribution is 6.12. The molecule has 0 radical (unpaired) electrons. The van der Waals surface area contributed by atoms with Gasteiger partial charge in [0.05, 0.1) is 43.7 Å². The number of epoxide rings is 1. The van der Waals surface area contributed by atoms with Crippen molar-refractivity contribution in [2.75, 3.05) is 39.5 Å². The van der Waals surface area contributed by atoms with Crippen LogP contribution >= 0.6 is 0 Å². The van der Waals surface area contributed by atoms with Crippen LogP contribution in [-0.2, 0) is 33.3 Å². The number of carbonyl (C=O) groups excluding carboxylic acids is 3. The summed E-state index contributed by atoms with van der Waals surface area (Å²) in [6.07, 6.45) is 15.9. The van der Waals surface area contributed by atoms with Crippen LogP contribution in [0.1, 0.15) is 86.5 Å². The lowest BCUT2D eigenvalue weighted by Gasteiger charge is -2.35. The minimum absolute atomic E-state index is 0.00309. The monoisotopic (exact) mass is 616 g/mol. The van der Waals surface area contributed by atoms with Gasteiger partial charge in [0, 0.05) is 38.3 Å². The topological polar surface area (TPSA) is 107 Å². The van der Waals surface area contributed by atoms with Gasteiger partial charge in [-0.15, -0.1) is 0 Å². The Morgan fingerprint density at radius 2 is 1.84 bits per heavy atom. The summed E-state index contributed by atoms with van der Waals surface area (Å²) in [5, 5.41) is 3.00. The Bertz CT molecular complexity index is 1020. The van der Waals surface area contributed by atoms with E-state index in [2.05, 4.69) is 65.1 Å². The summed E-state index contributed by atoms with van der Waals surface area (Å²) in [4.78, 5) is 36.5. The first-order chi connectivity index (χ1) is 21.0. The first-order valence-corrected chi connectivity index (χ1v) is 16.7. The van der Waals surface area contributed by atoms with Crippen LogP contribution < -0.4 is 5.32 Å². The molecule has 9 nitrogen and oxygen atoms in total. The highest BCUT2D eigenvalue weighted by Gasteiger charge is 2.54. The largest absolute Gasteiger partial charge is 0.379 e. The summed E-state index contributed by atoms with van der Waals surface area (Å²) in [7, 11) is 0. The van der Waals surface area contributed by atoms with Crippen LogP contribution in [0.25, 0.3) is 0 Å². The molecule has 0 saturated carbocycles. The minimum Gasteiger partial charge on any atom is -0.379 e. The third-order valence-electron chi connectivity index (χ3n) is 8.92. The lowest BCUT2D eigenvalue weighted by atomic mass is 9.87. The highest BCUT2D eigenvalue weighted by atomic mass is 16.6. The molecule has 0 aliphatic carbocycles. The number of rotatable bonds is 20. The van der Waals surface area contributed by atoms with Crippen LogP contribution in [0.4, 0.5) is 0 Å². The van der Waals surface area contributed by atoms with Crippen LogP contribution in [-0.4, -0.2) is 86.1 Å². The number of hydrogen-bond donors (Lipinski definition) is 1. The second kappa shape index (κ2) is 18.0. The molecule has 44 heavy (non-hydrogen) atoms. The van der Waals surface area contributed by atoms with Crippen molar-refractivity contribution in [2.45, 2.75) is 110 Å². The standard InChI is InChI=1S/C35H56N2O7/c1-7-10-28(5)34-35(6,44-34)23-25(2)11-8-12-26(3)33-27(4)13-14-29(43-33)24-36-30(38)17-20-42-22-21-41-19-9-18-37-31(39)15-16-32(37)40/h8,11-12,15-16,25,27-29,33-34H,7,9-10,13-14,17-24H2,1-6H3,(H,36,38)/b11-8+,26-12+/t25-,27+,28-,29-,33-,34-,35-/m1/s1. The van der Waals surface area contributed by atoms with E-state index >= 15 is 0 Å². The van der Waals surface area contributed by atoms with E-state index in [1.165, 1.54) is 35.5 Å². The zero-order valence-electron chi connectivity index (χ0n) is 27.8. The van der Waals surface area contributed by atoms with Gasteiger partial charge in [-0.3, -0.25) is 19.3 Å². The van der Waals surface area contributed by atoms with Gasteiger partial charge in [0.15, 0.2) is 0 Å². The van der Waals surface area contributed by atoms with Gasteiger partial charge in [-0.25, -0.2) is 0 Å². The van der Waals surface area contributed by atoms with Crippen molar-refractivity contribution in [3.8, 4) is 0 Å². The van der Waals surface area contributed by atoms with Crippen LogP contribution in [0.3, 0.4) is 0 Å². The van der Waals surface area contributed by atoms with E-state index in [0.29, 0.717) is 69.8 Å². The first-order valence-electron chi connectivity index (χ1n) is 16.7. The van der Waals surface area contributed by atoms with Gasteiger partial charge in [0.2, 0.25) is 5.91 Å². The van der Waals surface area contributed by atoms with Crippen molar-refractivity contribution in [3.63, 3.8) is 0 Å². The number of ether oxygens (including phenoxy) is 4. The lowest BCUT2D eigenvalue weighted by molar-refractivity contribution is -0.137. The fourth-order valence-electron chi connectivity index (χ4n) is 6.44. The summed E-state index contributed by atoms with van der Waals surface area (Å²) in [6, 6.07) is 0. The molecule has 3 aliphatic heterocycles. The van der Waals surface area contributed by atoms with Gasteiger partial charge < -0.3 is 24.3 Å². The van der Waals surface area contributed by atoms with Crippen molar-refractivity contribution < 1.29 is 33.3 Å².